The third-order valence-corrected chi connectivity index (χ3v) is 3.80. The van der Waals surface area contributed by atoms with Gasteiger partial charge in [0.05, 0.1) is 13.2 Å². The third-order valence-electron chi connectivity index (χ3n) is 3.80. The lowest BCUT2D eigenvalue weighted by atomic mass is 10.3. The minimum Gasteiger partial charge on any atom is -0.484 e. The van der Waals surface area contributed by atoms with Gasteiger partial charge < -0.3 is 19.7 Å². The Morgan fingerprint density at radius 1 is 1.18 bits per heavy atom. The minimum atomic E-state index is -0.0330. The van der Waals surface area contributed by atoms with E-state index in [1.165, 1.54) is 0 Å². The van der Waals surface area contributed by atoms with E-state index in [2.05, 4.69) is 5.32 Å². The van der Waals surface area contributed by atoms with Crippen molar-refractivity contribution < 1.29 is 19.1 Å². The second kappa shape index (κ2) is 6.79. The quantitative estimate of drug-likeness (QED) is 0.889. The lowest BCUT2D eigenvalue weighted by Crippen LogP contribution is -2.42. The first kappa shape index (κ1) is 14.8. The molecule has 1 N–H and O–H groups in total. The summed E-state index contributed by atoms with van der Waals surface area (Å²) < 4.78 is 10.7. The molecule has 1 aromatic carbocycles. The highest BCUT2D eigenvalue weighted by atomic mass is 16.5. The van der Waals surface area contributed by atoms with Gasteiger partial charge in [-0.1, -0.05) is 0 Å². The Morgan fingerprint density at radius 3 is 2.50 bits per heavy atom. The lowest BCUT2D eigenvalue weighted by molar-refractivity contribution is -0.137. The first-order valence-corrected chi connectivity index (χ1v) is 7.61. The lowest BCUT2D eigenvalue weighted by Gasteiger charge is -2.26. The van der Waals surface area contributed by atoms with Gasteiger partial charge in [-0.2, -0.15) is 0 Å². The van der Waals surface area contributed by atoms with Crippen molar-refractivity contribution in [2.75, 3.05) is 38.2 Å². The molecule has 2 amide bonds. The van der Waals surface area contributed by atoms with E-state index in [0.29, 0.717) is 32.1 Å². The third kappa shape index (κ3) is 3.98. The van der Waals surface area contributed by atoms with Gasteiger partial charge in [-0.3, -0.25) is 9.59 Å². The number of ether oxygens (including phenoxy) is 2. The highest BCUT2D eigenvalue weighted by Gasteiger charge is 2.29. The first-order chi connectivity index (χ1) is 10.7. The average Bonchev–Trinajstić information content (AvgIpc) is 3.40. The van der Waals surface area contributed by atoms with E-state index >= 15 is 0 Å². The van der Waals surface area contributed by atoms with Crippen molar-refractivity contribution in [1.29, 1.82) is 0 Å². The normalized spacial score (nSPS) is 17.9. The number of morpholine rings is 1. The van der Waals surface area contributed by atoms with Crippen LogP contribution in [0.5, 0.6) is 5.75 Å². The molecule has 6 heteroatoms. The number of rotatable bonds is 5. The van der Waals surface area contributed by atoms with Crippen LogP contribution in [0.3, 0.4) is 0 Å². The zero-order valence-electron chi connectivity index (χ0n) is 12.4. The van der Waals surface area contributed by atoms with Crippen LogP contribution in [0.1, 0.15) is 12.8 Å². The minimum absolute atomic E-state index is 0.0216. The summed E-state index contributed by atoms with van der Waals surface area (Å²) in [5.74, 6) is 0.846. The number of hydrogen-bond donors (Lipinski definition) is 1. The molecular formula is C16H20N2O4. The van der Waals surface area contributed by atoms with Crippen LogP contribution in [0.25, 0.3) is 0 Å². The molecule has 1 aliphatic carbocycles. The van der Waals surface area contributed by atoms with Crippen molar-refractivity contribution in [2.45, 2.75) is 12.8 Å². The van der Waals surface area contributed by atoms with Crippen LogP contribution < -0.4 is 10.1 Å². The number of amides is 2. The van der Waals surface area contributed by atoms with Crippen LogP contribution in [0.2, 0.25) is 0 Å². The van der Waals surface area contributed by atoms with E-state index in [-0.39, 0.29) is 24.3 Å². The maximum Gasteiger partial charge on any atom is 0.260 e. The fourth-order valence-corrected chi connectivity index (χ4v) is 2.27. The molecule has 0 atom stereocenters. The summed E-state index contributed by atoms with van der Waals surface area (Å²) in [5.41, 5.74) is 0.753. The van der Waals surface area contributed by atoms with Crippen molar-refractivity contribution in [1.82, 2.24) is 4.90 Å². The van der Waals surface area contributed by atoms with Crippen LogP contribution in [0.15, 0.2) is 24.3 Å². The van der Waals surface area contributed by atoms with E-state index in [1.807, 2.05) is 0 Å². The molecule has 118 valence electrons. The van der Waals surface area contributed by atoms with Gasteiger partial charge in [-0.25, -0.2) is 0 Å². The summed E-state index contributed by atoms with van der Waals surface area (Å²) in [4.78, 5) is 25.3. The van der Waals surface area contributed by atoms with E-state index in [0.717, 1.165) is 18.5 Å². The average molecular weight is 304 g/mol. The van der Waals surface area contributed by atoms with E-state index in [9.17, 15) is 9.59 Å². The molecule has 2 aliphatic rings. The van der Waals surface area contributed by atoms with Gasteiger partial charge in [0.2, 0.25) is 5.91 Å². The van der Waals surface area contributed by atoms with Gasteiger partial charge in [-0.15, -0.1) is 0 Å². The standard InChI is InChI=1S/C16H20N2O4/c19-15(18-7-9-21-10-8-18)11-22-14-5-3-13(4-6-14)17-16(20)12-1-2-12/h3-6,12H,1-2,7-11H2,(H,17,20). The molecular weight excluding hydrogens is 284 g/mol. The Hall–Kier alpha value is -2.08. The maximum atomic E-state index is 12.0. The predicted octanol–water partition coefficient (Wildman–Crippen LogP) is 1.27. The molecule has 0 spiro atoms. The molecule has 22 heavy (non-hydrogen) atoms. The molecule has 3 rings (SSSR count). The van der Waals surface area contributed by atoms with E-state index in [4.69, 9.17) is 9.47 Å². The van der Waals surface area contributed by atoms with Crippen molar-refractivity contribution in [2.24, 2.45) is 5.92 Å². The van der Waals surface area contributed by atoms with E-state index < -0.39 is 0 Å². The number of carbonyl (C=O) groups excluding carboxylic acids is 2. The van der Waals surface area contributed by atoms with Crippen LogP contribution in [-0.4, -0.2) is 49.6 Å². The Labute approximate surface area is 129 Å². The molecule has 1 aliphatic heterocycles. The van der Waals surface area contributed by atoms with Gasteiger partial charge in [0, 0.05) is 24.7 Å². The number of hydrogen-bond acceptors (Lipinski definition) is 4. The zero-order valence-corrected chi connectivity index (χ0v) is 12.4. The Bertz CT molecular complexity index is 534. The van der Waals surface area contributed by atoms with E-state index in [1.54, 1.807) is 29.2 Å². The second-order valence-electron chi connectivity index (χ2n) is 5.57. The van der Waals surface area contributed by atoms with Crippen LogP contribution in [0.4, 0.5) is 5.69 Å². The molecule has 1 saturated heterocycles. The van der Waals surface area contributed by atoms with Crippen molar-refractivity contribution in [3.63, 3.8) is 0 Å². The molecule has 0 radical (unpaired) electrons. The number of anilines is 1. The number of benzene rings is 1. The molecule has 1 aromatic rings. The van der Waals surface area contributed by atoms with Gasteiger partial charge >= 0.3 is 0 Å². The highest BCUT2D eigenvalue weighted by Crippen LogP contribution is 2.30. The Balaban J connectivity index is 1.46. The van der Waals surface area contributed by atoms with Gasteiger partial charge in [-0.05, 0) is 37.1 Å². The number of nitrogens with one attached hydrogen (secondary N) is 1. The maximum absolute atomic E-state index is 12.0. The fourth-order valence-electron chi connectivity index (χ4n) is 2.27. The second-order valence-corrected chi connectivity index (χ2v) is 5.57. The summed E-state index contributed by atoms with van der Waals surface area (Å²) in [6.07, 6.45) is 1.97. The highest BCUT2D eigenvalue weighted by molar-refractivity contribution is 5.94. The molecule has 1 heterocycles. The summed E-state index contributed by atoms with van der Waals surface area (Å²) in [6, 6.07) is 7.09. The first-order valence-electron chi connectivity index (χ1n) is 7.61. The Kier molecular flexibility index (Phi) is 4.58. The summed E-state index contributed by atoms with van der Waals surface area (Å²) in [7, 11) is 0. The molecule has 0 unspecified atom stereocenters. The fraction of sp³-hybridized carbons (Fsp3) is 0.500. The van der Waals surface area contributed by atoms with Gasteiger partial charge in [0.1, 0.15) is 5.75 Å². The van der Waals surface area contributed by atoms with Crippen molar-refractivity contribution in [3.8, 4) is 5.75 Å². The molecule has 2 fully saturated rings. The zero-order chi connectivity index (χ0) is 15.4. The molecule has 6 nitrogen and oxygen atoms in total. The smallest absolute Gasteiger partial charge is 0.260 e. The summed E-state index contributed by atoms with van der Waals surface area (Å²) >= 11 is 0. The van der Waals surface area contributed by atoms with Gasteiger partial charge in [0.25, 0.3) is 5.91 Å². The van der Waals surface area contributed by atoms with Crippen LogP contribution in [0, 0.1) is 5.92 Å². The predicted molar refractivity (Wildman–Crippen MR) is 80.7 cm³/mol. The van der Waals surface area contributed by atoms with Crippen molar-refractivity contribution in [3.05, 3.63) is 24.3 Å². The molecule has 0 bridgehead atoms. The molecule has 1 saturated carbocycles. The van der Waals surface area contributed by atoms with Crippen LogP contribution >= 0.6 is 0 Å². The summed E-state index contributed by atoms with van der Waals surface area (Å²) in [6.45, 7) is 2.43. The number of carbonyl (C=O) groups is 2. The van der Waals surface area contributed by atoms with Gasteiger partial charge in [0.15, 0.2) is 6.61 Å². The topological polar surface area (TPSA) is 67.9 Å². The largest absolute Gasteiger partial charge is 0.484 e. The number of nitrogens with zero attached hydrogens (tertiary/aromatic N) is 1. The van der Waals surface area contributed by atoms with Crippen LogP contribution in [-0.2, 0) is 14.3 Å². The summed E-state index contributed by atoms with van der Waals surface area (Å²) in [5, 5.41) is 2.86. The Morgan fingerprint density at radius 2 is 1.86 bits per heavy atom. The van der Waals surface area contributed by atoms with Crippen molar-refractivity contribution >= 4 is 17.5 Å². The monoisotopic (exact) mass is 304 g/mol. The molecule has 0 aromatic heterocycles. The SMILES string of the molecule is O=C(Nc1ccc(OCC(=O)N2CCOCC2)cc1)C1CC1.